The van der Waals surface area contributed by atoms with E-state index in [1.807, 2.05) is 62.4 Å². The largest absolute Gasteiger partial charge is 0.476 e. The first-order chi connectivity index (χ1) is 14.9. The van der Waals surface area contributed by atoms with Crippen molar-refractivity contribution in [2.24, 2.45) is 0 Å². The Balaban J connectivity index is 1.78. The zero-order valence-corrected chi connectivity index (χ0v) is 20.4. The lowest BCUT2D eigenvalue weighted by Crippen LogP contribution is -2.56. The maximum atomic E-state index is 13.6. The standard InChI is InChI=1S/C23H23Br2N3O3/c1-3-17-13-31-22-20(21(29)26-16-9-5-14(24)6-10-16)19(4-2)27(23(30)28(17)22)18-11-7-15(25)8-12-18/h5-12,17,19H,3-4,13H2,1-2H3,(H,26,29)/t17-,19-/m1/s1. The summed E-state index contributed by atoms with van der Waals surface area (Å²) in [6, 6.07) is 14.3. The van der Waals surface area contributed by atoms with Crippen LogP contribution < -0.4 is 10.2 Å². The van der Waals surface area contributed by atoms with E-state index in [-0.39, 0.29) is 18.0 Å². The van der Waals surface area contributed by atoms with Gasteiger partial charge < -0.3 is 10.1 Å². The van der Waals surface area contributed by atoms with Crippen LogP contribution in [0.3, 0.4) is 0 Å². The third-order valence-electron chi connectivity index (χ3n) is 5.59. The molecule has 2 aromatic rings. The van der Waals surface area contributed by atoms with Gasteiger partial charge in [0, 0.05) is 20.3 Å². The second-order valence-corrected chi connectivity index (χ2v) is 9.31. The Labute approximate surface area is 198 Å². The molecule has 2 heterocycles. The van der Waals surface area contributed by atoms with E-state index >= 15 is 0 Å². The monoisotopic (exact) mass is 547 g/mol. The zero-order chi connectivity index (χ0) is 22.1. The number of benzene rings is 2. The fourth-order valence-corrected chi connectivity index (χ4v) is 4.54. The second kappa shape index (κ2) is 9.04. The number of nitrogens with zero attached hydrogens (tertiary/aromatic N) is 2. The highest BCUT2D eigenvalue weighted by Crippen LogP contribution is 2.38. The normalized spacial score (nSPS) is 20.6. The number of ether oxygens (including phenoxy) is 1. The van der Waals surface area contributed by atoms with Gasteiger partial charge in [-0.15, -0.1) is 0 Å². The van der Waals surface area contributed by atoms with Crippen molar-refractivity contribution < 1.29 is 14.3 Å². The maximum Gasteiger partial charge on any atom is 0.332 e. The molecule has 0 unspecified atom stereocenters. The number of hydrogen-bond acceptors (Lipinski definition) is 3. The molecule has 2 aromatic carbocycles. The topological polar surface area (TPSA) is 61.9 Å². The zero-order valence-electron chi connectivity index (χ0n) is 17.3. The van der Waals surface area contributed by atoms with E-state index in [1.165, 1.54) is 0 Å². The molecule has 6 nitrogen and oxygen atoms in total. The number of halogens is 2. The molecular weight excluding hydrogens is 526 g/mol. The van der Waals surface area contributed by atoms with Crippen LogP contribution in [0.4, 0.5) is 16.2 Å². The SMILES string of the molecule is CC[C@@H]1COC2=C(C(=O)Nc3ccc(Br)cc3)[C@@H](CC)N(c3ccc(Br)cc3)C(=O)N21. The summed E-state index contributed by atoms with van der Waals surface area (Å²) in [4.78, 5) is 30.4. The number of amides is 3. The van der Waals surface area contributed by atoms with Crippen LogP contribution in [0.1, 0.15) is 26.7 Å². The van der Waals surface area contributed by atoms with Gasteiger partial charge in [-0.05, 0) is 61.4 Å². The van der Waals surface area contributed by atoms with Crippen LogP contribution in [0.25, 0.3) is 0 Å². The third-order valence-corrected chi connectivity index (χ3v) is 6.65. The van der Waals surface area contributed by atoms with Crippen LogP contribution in [0.2, 0.25) is 0 Å². The summed E-state index contributed by atoms with van der Waals surface area (Å²) in [5.74, 6) is 0.118. The quantitative estimate of drug-likeness (QED) is 0.506. The number of carbonyl (C=O) groups is 2. The molecule has 3 amide bonds. The van der Waals surface area contributed by atoms with Gasteiger partial charge in [0.2, 0.25) is 5.88 Å². The Morgan fingerprint density at radius 3 is 2.19 bits per heavy atom. The van der Waals surface area contributed by atoms with Crippen molar-refractivity contribution in [1.29, 1.82) is 0 Å². The number of rotatable bonds is 5. The Morgan fingerprint density at radius 1 is 1.00 bits per heavy atom. The van der Waals surface area contributed by atoms with Crippen molar-refractivity contribution in [1.82, 2.24) is 4.90 Å². The first-order valence-electron chi connectivity index (χ1n) is 10.3. The van der Waals surface area contributed by atoms with Gasteiger partial charge in [-0.3, -0.25) is 14.6 Å². The number of fused-ring (bicyclic) bond motifs is 1. The summed E-state index contributed by atoms with van der Waals surface area (Å²) in [6.45, 7) is 4.37. The fraction of sp³-hybridized carbons (Fsp3) is 0.304. The van der Waals surface area contributed by atoms with Gasteiger partial charge in [0.25, 0.3) is 5.91 Å². The van der Waals surface area contributed by atoms with Crippen LogP contribution in [0.5, 0.6) is 0 Å². The molecule has 0 aliphatic carbocycles. The number of carbonyl (C=O) groups excluding carboxylic acids is 2. The highest BCUT2D eigenvalue weighted by atomic mass is 79.9. The third kappa shape index (κ3) is 4.11. The number of urea groups is 1. The molecule has 0 saturated carbocycles. The van der Waals surface area contributed by atoms with Gasteiger partial charge in [-0.25, -0.2) is 4.79 Å². The van der Waals surface area contributed by atoms with Crippen LogP contribution in [0, 0.1) is 0 Å². The highest BCUT2D eigenvalue weighted by molar-refractivity contribution is 9.10. The van der Waals surface area contributed by atoms with Crippen LogP contribution in [-0.4, -0.2) is 35.5 Å². The van der Waals surface area contributed by atoms with Gasteiger partial charge >= 0.3 is 6.03 Å². The molecule has 1 N–H and O–H groups in total. The Kier molecular flexibility index (Phi) is 6.39. The van der Waals surface area contributed by atoms with E-state index in [1.54, 1.807) is 9.80 Å². The Hall–Kier alpha value is -2.32. The van der Waals surface area contributed by atoms with Crippen molar-refractivity contribution in [3.63, 3.8) is 0 Å². The van der Waals surface area contributed by atoms with E-state index in [0.717, 1.165) is 21.1 Å². The molecule has 0 spiro atoms. The average Bonchev–Trinajstić information content (AvgIpc) is 3.20. The lowest BCUT2D eigenvalue weighted by Gasteiger charge is -2.41. The van der Waals surface area contributed by atoms with Gasteiger partial charge in [0.15, 0.2) is 0 Å². The van der Waals surface area contributed by atoms with E-state index in [9.17, 15) is 9.59 Å². The van der Waals surface area contributed by atoms with Crippen molar-refractivity contribution in [2.45, 2.75) is 38.8 Å². The van der Waals surface area contributed by atoms with Crippen LogP contribution in [-0.2, 0) is 9.53 Å². The molecule has 2 aliphatic rings. The molecule has 31 heavy (non-hydrogen) atoms. The van der Waals surface area contributed by atoms with E-state index in [0.29, 0.717) is 30.2 Å². The average molecular weight is 549 g/mol. The number of anilines is 2. The minimum Gasteiger partial charge on any atom is -0.476 e. The van der Waals surface area contributed by atoms with Crippen molar-refractivity contribution in [3.8, 4) is 0 Å². The summed E-state index contributed by atoms with van der Waals surface area (Å²) in [6.07, 6.45) is 1.31. The summed E-state index contributed by atoms with van der Waals surface area (Å²) in [5, 5.41) is 2.97. The van der Waals surface area contributed by atoms with Crippen molar-refractivity contribution in [3.05, 3.63) is 68.9 Å². The van der Waals surface area contributed by atoms with E-state index < -0.39 is 6.04 Å². The maximum absolute atomic E-state index is 13.6. The van der Waals surface area contributed by atoms with Crippen LogP contribution >= 0.6 is 31.9 Å². The molecule has 2 aliphatic heterocycles. The Bertz CT molecular complexity index is 1020. The van der Waals surface area contributed by atoms with E-state index in [4.69, 9.17) is 4.74 Å². The van der Waals surface area contributed by atoms with Crippen molar-refractivity contribution >= 4 is 55.2 Å². The van der Waals surface area contributed by atoms with Crippen molar-refractivity contribution in [2.75, 3.05) is 16.8 Å². The summed E-state index contributed by atoms with van der Waals surface area (Å²) < 4.78 is 7.79. The minimum atomic E-state index is -0.439. The molecule has 162 valence electrons. The molecular formula is C23H23Br2N3O3. The molecule has 2 atom stereocenters. The van der Waals surface area contributed by atoms with E-state index in [2.05, 4.69) is 37.2 Å². The summed E-state index contributed by atoms with van der Waals surface area (Å²) >= 11 is 6.86. The Morgan fingerprint density at radius 2 is 1.61 bits per heavy atom. The molecule has 0 bridgehead atoms. The van der Waals surface area contributed by atoms with Gasteiger partial charge in [0.1, 0.15) is 12.2 Å². The molecule has 1 saturated heterocycles. The van der Waals surface area contributed by atoms with Gasteiger partial charge in [-0.1, -0.05) is 45.7 Å². The molecule has 0 aromatic heterocycles. The summed E-state index contributed by atoms with van der Waals surface area (Å²) in [7, 11) is 0. The first kappa shape index (κ1) is 21.9. The molecule has 1 fully saturated rings. The van der Waals surface area contributed by atoms with Crippen LogP contribution in [0.15, 0.2) is 68.9 Å². The number of hydrogen-bond donors (Lipinski definition) is 1. The predicted octanol–water partition coefficient (Wildman–Crippen LogP) is 5.89. The van der Waals surface area contributed by atoms with Gasteiger partial charge in [0.05, 0.1) is 12.1 Å². The lowest BCUT2D eigenvalue weighted by molar-refractivity contribution is -0.113. The summed E-state index contributed by atoms with van der Waals surface area (Å²) in [5.41, 5.74) is 1.90. The highest BCUT2D eigenvalue weighted by Gasteiger charge is 2.48. The predicted molar refractivity (Wildman–Crippen MR) is 128 cm³/mol. The first-order valence-corrected chi connectivity index (χ1v) is 11.8. The lowest BCUT2D eigenvalue weighted by atomic mass is 9.98. The molecule has 4 rings (SSSR count). The van der Waals surface area contributed by atoms with Gasteiger partial charge in [-0.2, -0.15) is 0 Å². The fourth-order valence-electron chi connectivity index (χ4n) is 4.02. The molecule has 0 radical (unpaired) electrons. The minimum absolute atomic E-state index is 0.103. The second-order valence-electron chi connectivity index (χ2n) is 7.48. The molecule has 8 heteroatoms. The smallest absolute Gasteiger partial charge is 0.332 e. The number of nitrogens with one attached hydrogen (secondary N) is 1.